The Balaban J connectivity index is 1.59. The van der Waals surface area contributed by atoms with Crippen molar-refractivity contribution in [2.24, 2.45) is 0 Å². The van der Waals surface area contributed by atoms with Crippen molar-refractivity contribution in [1.29, 1.82) is 0 Å². The molecule has 2 aliphatic heterocycles. The van der Waals surface area contributed by atoms with Gasteiger partial charge in [-0.15, -0.1) is 0 Å². The highest BCUT2D eigenvalue weighted by atomic mass is 16.6. The number of piperazine rings is 1. The lowest BCUT2D eigenvalue weighted by molar-refractivity contribution is -0.143. The second-order valence-corrected chi connectivity index (χ2v) is 6.17. The molecule has 8 heteroatoms. The Morgan fingerprint density at radius 1 is 1.24 bits per heavy atom. The summed E-state index contributed by atoms with van der Waals surface area (Å²) in [4.78, 5) is 41.7. The number of furan rings is 1. The Morgan fingerprint density at radius 3 is 2.60 bits per heavy atom. The standard InChI is InChI=1S/C17H23N3O5/c1-2-24-17(23)19-9-7-18(8-10-19)16(22)14-5-6-15(21)20(14)12-13-4-3-11-25-13/h3-4,11,14H,2,5-10,12H2,1H3/t14-/m0/s1. The van der Waals surface area contributed by atoms with Crippen molar-refractivity contribution in [3.63, 3.8) is 0 Å². The molecule has 1 aromatic rings. The Labute approximate surface area is 146 Å². The maximum Gasteiger partial charge on any atom is 0.409 e. The number of nitrogens with zero attached hydrogens (tertiary/aromatic N) is 3. The van der Waals surface area contributed by atoms with Gasteiger partial charge in [-0.1, -0.05) is 0 Å². The van der Waals surface area contributed by atoms with Gasteiger partial charge in [-0.25, -0.2) is 4.79 Å². The summed E-state index contributed by atoms with van der Waals surface area (Å²) in [6, 6.07) is 3.11. The minimum absolute atomic E-state index is 0.0279. The minimum Gasteiger partial charge on any atom is -0.467 e. The second kappa shape index (κ2) is 7.58. The van der Waals surface area contributed by atoms with E-state index in [1.807, 2.05) is 0 Å². The van der Waals surface area contributed by atoms with Gasteiger partial charge in [-0.05, 0) is 25.5 Å². The van der Waals surface area contributed by atoms with Gasteiger partial charge in [0.1, 0.15) is 11.8 Å². The zero-order chi connectivity index (χ0) is 17.8. The van der Waals surface area contributed by atoms with Gasteiger partial charge in [0.15, 0.2) is 0 Å². The highest BCUT2D eigenvalue weighted by Gasteiger charge is 2.39. The maximum absolute atomic E-state index is 12.9. The molecule has 0 unspecified atom stereocenters. The summed E-state index contributed by atoms with van der Waals surface area (Å²) in [5.41, 5.74) is 0. The van der Waals surface area contributed by atoms with Crippen LogP contribution in [0.5, 0.6) is 0 Å². The molecule has 0 N–H and O–H groups in total. The molecule has 1 atom stereocenters. The monoisotopic (exact) mass is 349 g/mol. The van der Waals surface area contributed by atoms with Crippen LogP contribution in [-0.2, 0) is 20.9 Å². The van der Waals surface area contributed by atoms with E-state index in [4.69, 9.17) is 9.15 Å². The van der Waals surface area contributed by atoms with Crippen LogP contribution in [0.3, 0.4) is 0 Å². The first-order valence-corrected chi connectivity index (χ1v) is 8.62. The fraction of sp³-hybridized carbons (Fsp3) is 0.588. The van der Waals surface area contributed by atoms with Crippen LogP contribution in [0.4, 0.5) is 4.79 Å². The molecule has 3 heterocycles. The predicted molar refractivity (Wildman–Crippen MR) is 87.5 cm³/mol. The Bertz CT molecular complexity index is 622. The lowest BCUT2D eigenvalue weighted by Crippen LogP contribution is -2.55. The highest BCUT2D eigenvalue weighted by Crippen LogP contribution is 2.24. The zero-order valence-corrected chi connectivity index (χ0v) is 14.3. The third-order valence-electron chi connectivity index (χ3n) is 4.64. The molecule has 0 radical (unpaired) electrons. The minimum atomic E-state index is -0.452. The molecule has 0 spiro atoms. The van der Waals surface area contributed by atoms with Crippen molar-refractivity contribution >= 4 is 17.9 Å². The van der Waals surface area contributed by atoms with Crippen molar-refractivity contribution in [1.82, 2.24) is 14.7 Å². The van der Waals surface area contributed by atoms with Gasteiger partial charge >= 0.3 is 6.09 Å². The molecule has 0 aromatic carbocycles. The van der Waals surface area contributed by atoms with Crippen LogP contribution in [0.25, 0.3) is 0 Å². The third-order valence-corrected chi connectivity index (χ3v) is 4.64. The van der Waals surface area contributed by atoms with Gasteiger partial charge in [-0.2, -0.15) is 0 Å². The second-order valence-electron chi connectivity index (χ2n) is 6.17. The van der Waals surface area contributed by atoms with Crippen LogP contribution in [-0.4, -0.2) is 71.4 Å². The van der Waals surface area contributed by atoms with E-state index in [-0.39, 0.29) is 17.9 Å². The van der Waals surface area contributed by atoms with Crippen LogP contribution in [0.15, 0.2) is 22.8 Å². The summed E-state index contributed by atoms with van der Waals surface area (Å²) in [5.74, 6) is 0.584. The number of hydrogen-bond donors (Lipinski definition) is 0. The fourth-order valence-electron chi connectivity index (χ4n) is 3.29. The van der Waals surface area contributed by atoms with Gasteiger partial charge in [0.05, 0.1) is 19.4 Å². The topological polar surface area (TPSA) is 83.3 Å². The molecule has 2 aliphatic rings. The van der Waals surface area contributed by atoms with Crippen LogP contribution in [0.1, 0.15) is 25.5 Å². The normalized spacial score (nSPS) is 20.9. The van der Waals surface area contributed by atoms with Gasteiger partial charge in [-0.3, -0.25) is 9.59 Å². The molecule has 0 bridgehead atoms. The predicted octanol–water partition coefficient (Wildman–Crippen LogP) is 1.07. The van der Waals surface area contributed by atoms with Crippen molar-refractivity contribution in [3.8, 4) is 0 Å². The molecule has 0 aliphatic carbocycles. The van der Waals surface area contributed by atoms with E-state index in [0.29, 0.717) is 57.9 Å². The summed E-state index contributed by atoms with van der Waals surface area (Å²) < 4.78 is 10.3. The molecular formula is C17H23N3O5. The van der Waals surface area contributed by atoms with Gasteiger partial charge < -0.3 is 23.9 Å². The summed E-state index contributed by atoms with van der Waals surface area (Å²) >= 11 is 0. The number of hydrogen-bond acceptors (Lipinski definition) is 5. The average molecular weight is 349 g/mol. The fourth-order valence-corrected chi connectivity index (χ4v) is 3.29. The zero-order valence-electron chi connectivity index (χ0n) is 14.3. The van der Waals surface area contributed by atoms with E-state index in [9.17, 15) is 14.4 Å². The molecule has 2 fully saturated rings. The van der Waals surface area contributed by atoms with E-state index < -0.39 is 6.04 Å². The first-order valence-electron chi connectivity index (χ1n) is 8.62. The van der Waals surface area contributed by atoms with Crippen molar-refractivity contribution in [2.45, 2.75) is 32.4 Å². The number of likely N-dealkylation sites (tertiary alicyclic amines) is 1. The largest absolute Gasteiger partial charge is 0.467 e. The third kappa shape index (κ3) is 3.78. The molecule has 8 nitrogen and oxygen atoms in total. The first-order chi connectivity index (χ1) is 12.1. The van der Waals surface area contributed by atoms with Crippen LogP contribution >= 0.6 is 0 Å². The van der Waals surface area contributed by atoms with Crippen molar-refractivity contribution < 1.29 is 23.5 Å². The Kier molecular flexibility index (Phi) is 5.25. The quantitative estimate of drug-likeness (QED) is 0.812. The molecule has 3 rings (SSSR count). The Morgan fingerprint density at radius 2 is 1.96 bits per heavy atom. The molecular weight excluding hydrogens is 326 g/mol. The molecule has 3 amide bonds. The van der Waals surface area contributed by atoms with E-state index in [0.717, 1.165) is 0 Å². The smallest absolute Gasteiger partial charge is 0.409 e. The molecule has 0 saturated carbocycles. The van der Waals surface area contributed by atoms with Gasteiger partial charge in [0.25, 0.3) is 0 Å². The summed E-state index contributed by atoms with van der Waals surface area (Å²) in [6.45, 7) is 4.22. The van der Waals surface area contributed by atoms with Crippen molar-refractivity contribution in [3.05, 3.63) is 24.2 Å². The SMILES string of the molecule is CCOC(=O)N1CCN(C(=O)[C@@H]2CCC(=O)N2Cc2ccco2)CC1. The first kappa shape index (κ1) is 17.3. The summed E-state index contributed by atoms with van der Waals surface area (Å²) in [6.07, 6.45) is 2.11. The number of amides is 3. The lowest BCUT2D eigenvalue weighted by atomic mass is 10.1. The van der Waals surface area contributed by atoms with Crippen LogP contribution in [0.2, 0.25) is 0 Å². The van der Waals surface area contributed by atoms with Crippen molar-refractivity contribution in [2.75, 3.05) is 32.8 Å². The number of carbonyl (C=O) groups is 3. The molecule has 2 saturated heterocycles. The van der Waals surface area contributed by atoms with E-state index in [1.54, 1.807) is 40.0 Å². The molecule has 136 valence electrons. The number of carbonyl (C=O) groups excluding carboxylic acids is 3. The maximum atomic E-state index is 12.9. The van der Waals surface area contributed by atoms with Gasteiger partial charge in [0, 0.05) is 32.6 Å². The highest BCUT2D eigenvalue weighted by molar-refractivity contribution is 5.91. The average Bonchev–Trinajstić information content (AvgIpc) is 3.26. The van der Waals surface area contributed by atoms with E-state index >= 15 is 0 Å². The van der Waals surface area contributed by atoms with E-state index in [1.165, 1.54) is 0 Å². The lowest BCUT2D eigenvalue weighted by Gasteiger charge is -2.36. The summed E-state index contributed by atoms with van der Waals surface area (Å²) in [7, 11) is 0. The Hall–Kier alpha value is -2.51. The van der Waals surface area contributed by atoms with Crippen LogP contribution < -0.4 is 0 Å². The molecule has 25 heavy (non-hydrogen) atoms. The number of rotatable bonds is 4. The number of ether oxygens (including phenoxy) is 1. The van der Waals surface area contributed by atoms with Crippen LogP contribution in [0, 0.1) is 0 Å². The molecule has 1 aromatic heterocycles. The summed E-state index contributed by atoms with van der Waals surface area (Å²) in [5, 5.41) is 0. The van der Waals surface area contributed by atoms with Gasteiger partial charge in [0.2, 0.25) is 11.8 Å². The van der Waals surface area contributed by atoms with E-state index in [2.05, 4.69) is 0 Å².